The van der Waals surface area contributed by atoms with Gasteiger partial charge < -0.3 is 25.0 Å². The molecule has 6 nitrogen and oxygen atoms in total. The number of aliphatic hydroxyl groups excluding tert-OH is 1. The Hall–Kier alpha value is -2.05. The van der Waals surface area contributed by atoms with Crippen LogP contribution in [0, 0.1) is 5.92 Å². The molecule has 5 rings (SSSR count). The summed E-state index contributed by atoms with van der Waals surface area (Å²) < 4.78 is 6.29. The number of piperidine rings is 1. The summed E-state index contributed by atoms with van der Waals surface area (Å²) in [6, 6.07) is 0.235. The van der Waals surface area contributed by atoms with E-state index in [2.05, 4.69) is 18.0 Å². The lowest BCUT2D eigenvalue weighted by Crippen LogP contribution is -2.64. The van der Waals surface area contributed by atoms with Crippen LogP contribution in [0.4, 0.5) is 0 Å². The monoisotopic (exact) mass is 385 g/mol. The molecule has 3 N–H and O–H groups in total. The lowest BCUT2D eigenvalue weighted by Gasteiger charge is -2.56. The third-order valence-corrected chi connectivity index (χ3v) is 7.50. The van der Waals surface area contributed by atoms with E-state index in [1.54, 1.807) is 0 Å². The van der Waals surface area contributed by atoms with Gasteiger partial charge in [-0.05, 0) is 43.5 Å². The summed E-state index contributed by atoms with van der Waals surface area (Å²) in [6.07, 6.45) is 4.24. The quantitative estimate of drug-likeness (QED) is 0.689. The number of aliphatic carboxylic acids is 1. The van der Waals surface area contributed by atoms with Crippen LogP contribution in [0.15, 0.2) is 12.2 Å². The number of likely N-dealkylation sites (N-methyl/N-ethyl adjacent to an activating group) is 1. The first-order valence-electron chi connectivity index (χ1n) is 10.1. The molecule has 5 atom stereocenters. The number of hydrogen-bond donors (Lipinski definition) is 3. The maximum atomic E-state index is 11.7. The van der Waals surface area contributed by atoms with Crippen molar-refractivity contribution in [2.75, 3.05) is 13.6 Å². The molecule has 0 amide bonds. The van der Waals surface area contributed by atoms with Crippen molar-refractivity contribution in [1.29, 1.82) is 0 Å². The van der Waals surface area contributed by atoms with E-state index < -0.39 is 23.6 Å². The fraction of sp³-hybridized carbons (Fsp3) is 0.591. The number of likely N-dealkylation sites (tertiary alicyclic amines) is 1. The third kappa shape index (κ3) is 2.02. The maximum absolute atomic E-state index is 11.7. The molecular weight excluding hydrogens is 358 g/mol. The van der Waals surface area contributed by atoms with Gasteiger partial charge in [0.05, 0.1) is 6.42 Å². The van der Waals surface area contributed by atoms with Gasteiger partial charge in [-0.25, -0.2) is 0 Å². The van der Waals surface area contributed by atoms with Crippen LogP contribution in [-0.4, -0.2) is 58.0 Å². The summed E-state index contributed by atoms with van der Waals surface area (Å²) in [6.45, 7) is 4.82. The highest BCUT2D eigenvalue weighted by atomic mass is 16.5. The van der Waals surface area contributed by atoms with Crippen molar-refractivity contribution in [2.24, 2.45) is 5.92 Å². The van der Waals surface area contributed by atoms with Crippen molar-refractivity contribution in [2.45, 2.75) is 62.7 Å². The summed E-state index contributed by atoms with van der Waals surface area (Å²) in [4.78, 5) is 14.1. The smallest absolute Gasteiger partial charge is 0.307 e. The van der Waals surface area contributed by atoms with Crippen molar-refractivity contribution in [3.8, 4) is 11.5 Å². The SMILES string of the molecule is CC(C)c1c(O)c2c3c(c1CC(=O)O)C[C@@H]1[C@@H]4C=C[C@H](O)[C@H](O2)[C@]34CCN1C. The van der Waals surface area contributed by atoms with Gasteiger partial charge in [-0.1, -0.05) is 26.0 Å². The molecule has 1 spiro atoms. The van der Waals surface area contributed by atoms with E-state index in [0.29, 0.717) is 11.3 Å². The molecule has 0 saturated carbocycles. The molecule has 0 unspecified atom stereocenters. The Balaban J connectivity index is 1.86. The van der Waals surface area contributed by atoms with Gasteiger partial charge in [0.2, 0.25) is 0 Å². The molecule has 0 aromatic heterocycles. The molecule has 2 aliphatic heterocycles. The van der Waals surface area contributed by atoms with Crippen LogP contribution in [0.5, 0.6) is 11.5 Å². The standard InChI is InChI=1S/C22H27NO5/c1-10(2)17-11(9-16(25)26)12-8-14-13-4-5-15(24)21-22(13,6-7-23(14)3)18(12)20(28-21)19(17)27/h4-5,10,13-15,21,24,27H,6-9H2,1-3H3,(H,25,26)/t13-,14+,15-,21-,22-/m0/s1. The molecule has 1 saturated heterocycles. The summed E-state index contributed by atoms with van der Waals surface area (Å²) in [7, 11) is 2.12. The second kappa shape index (κ2) is 5.74. The fourth-order valence-electron chi connectivity index (χ4n) is 6.45. The molecule has 2 aliphatic carbocycles. The molecular formula is C22H27NO5. The average molecular weight is 385 g/mol. The average Bonchev–Trinajstić information content (AvgIpc) is 2.97. The molecule has 1 fully saturated rings. The predicted molar refractivity (Wildman–Crippen MR) is 103 cm³/mol. The number of carbonyl (C=O) groups is 1. The van der Waals surface area contributed by atoms with E-state index in [4.69, 9.17) is 4.74 Å². The van der Waals surface area contributed by atoms with Crippen molar-refractivity contribution in [1.82, 2.24) is 4.90 Å². The summed E-state index contributed by atoms with van der Waals surface area (Å²) >= 11 is 0. The molecule has 2 heterocycles. The van der Waals surface area contributed by atoms with Crippen molar-refractivity contribution in [3.63, 3.8) is 0 Å². The number of aromatic hydroxyl groups is 1. The van der Waals surface area contributed by atoms with E-state index in [9.17, 15) is 20.1 Å². The molecule has 2 bridgehead atoms. The normalized spacial score (nSPS) is 35.0. The third-order valence-electron chi connectivity index (χ3n) is 7.50. The first kappa shape index (κ1) is 18.0. The van der Waals surface area contributed by atoms with Crippen LogP contribution in [-0.2, 0) is 23.1 Å². The summed E-state index contributed by atoms with van der Waals surface area (Å²) in [5.41, 5.74) is 3.01. The van der Waals surface area contributed by atoms with Gasteiger partial charge in [0.25, 0.3) is 0 Å². The van der Waals surface area contributed by atoms with Gasteiger partial charge in [0.15, 0.2) is 11.5 Å². The fourth-order valence-corrected chi connectivity index (χ4v) is 6.45. The van der Waals surface area contributed by atoms with Gasteiger partial charge in [0, 0.05) is 28.5 Å². The first-order valence-corrected chi connectivity index (χ1v) is 10.1. The Labute approximate surface area is 164 Å². The second-order valence-corrected chi connectivity index (χ2v) is 9.13. The number of carboxylic acid groups (broad SMARTS) is 1. The van der Waals surface area contributed by atoms with E-state index in [0.717, 1.165) is 36.1 Å². The summed E-state index contributed by atoms with van der Waals surface area (Å²) in [5.74, 6) is -0.186. The largest absolute Gasteiger partial charge is 0.504 e. The maximum Gasteiger partial charge on any atom is 0.307 e. The highest BCUT2D eigenvalue weighted by molar-refractivity contribution is 5.76. The molecule has 1 aromatic carbocycles. The van der Waals surface area contributed by atoms with Gasteiger partial charge in [-0.2, -0.15) is 0 Å². The number of phenols is 1. The van der Waals surface area contributed by atoms with E-state index >= 15 is 0 Å². The molecule has 1 aromatic rings. The Morgan fingerprint density at radius 2 is 2.14 bits per heavy atom. The second-order valence-electron chi connectivity index (χ2n) is 9.13. The minimum Gasteiger partial charge on any atom is -0.504 e. The number of carboxylic acids is 1. The van der Waals surface area contributed by atoms with Crippen LogP contribution in [0.1, 0.15) is 48.4 Å². The lowest BCUT2D eigenvalue weighted by atomic mass is 9.52. The van der Waals surface area contributed by atoms with E-state index in [1.807, 2.05) is 19.9 Å². The van der Waals surface area contributed by atoms with Crippen LogP contribution in [0.3, 0.4) is 0 Å². The molecule has 150 valence electrons. The number of rotatable bonds is 3. The van der Waals surface area contributed by atoms with Crippen molar-refractivity contribution >= 4 is 5.97 Å². The predicted octanol–water partition coefficient (Wildman–Crippen LogP) is 1.95. The highest BCUT2D eigenvalue weighted by Crippen LogP contribution is 2.64. The number of hydrogen-bond acceptors (Lipinski definition) is 5. The number of phenolic OH excluding ortho intramolecular Hbond substituents is 1. The number of ether oxygens (including phenoxy) is 1. The summed E-state index contributed by atoms with van der Waals surface area (Å²) in [5, 5.41) is 31.5. The van der Waals surface area contributed by atoms with Gasteiger partial charge in [-0.3, -0.25) is 4.79 Å². The zero-order chi connectivity index (χ0) is 20.0. The first-order chi connectivity index (χ1) is 13.3. The van der Waals surface area contributed by atoms with Gasteiger partial charge in [-0.15, -0.1) is 0 Å². The molecule has 28 heavy (non-hydrogen) atoms. The minimum atomic E-state index is -0.894. The van der Waals surface area contributed by atoms with Gasteiger partial charge in [0.1, 0.15) is 12.2 Å². The lowest BCUT2D eigenvalue weighted by molar-refractivity contribution is -0.136. The van der Waals surface area contributed by atoms with E-state index in [1.165, 1.54) is 0 Å². The van der Waals surface area contributed by atoms with Crippen LogP contribution < -0.4 is 4.74 Å². The molecule has 0 radical (unpaired) electrons. The topological polar surface area (TPSA) is 90.2 Å². The number of aliphatic hydroxyl groups is 1. The van der Waals surface area contributed by atoms with Crippen molar-refractivity contribution < 1.29 is 24.9 Å². The number of nitrogens with zero attached hydrogens (tertiary/aromatic N) is 1. The van der Waals surface area contributed by atoms with Crippen molar-refractivity contribution in [3.05, 3.63) is 34.4 Å². The van der Waals surface area contributed by atoms with Crippen LogP contribution in [0.25, 0.3) is 0 Å². The van der Waals surface area contributed by atoms with E-state index in [-0.39, 0.29) is 30.0 Å². The molecule has 4 aliphatic rings. The Morgan fingerprint density at radius 1 is 1.39 bits per heavy atom. The minimum absolute atomic E-state index is 0.0297. The van der Waals surface area contributed by atoms with Crippen LogP contribution in [0.2, 0.25) is 0 Å². The molecule has 6 heteroatoms. The van der Waals surface area contributed by atoms with Gasteiger partial charge >= 0.3 is 5.97 Å². The Bertz CT molecular complexity index is 907. The Morgan fingerprint density at radius 3 is 2.82 bits per heavy atom. The zero-order valence-corrected chi connectivity index (χ0v) is 16.5. The Kier molecular flexibility index (Phi) is 3.69. The highest BCUT2D eigenvalue weighted by Gasteiger charge is 2.64. The zero-order valence-electron chi connectivity index (χ0n) is 16.5. The number of benzene rings is 1. The van der Waals surface area contributed by atoms with Crippen LogP contribution >= 0.6 is 0 Å².